The summed E-state index contributed by atoms with van der Waals surface area (Å²) in [5.74, 6) is 1.80. The molecule has 2 fully saturated rings. The van der Waals surface area contributed by atoms with Crippen molar-refractivity contribution in [2.24, 2.45) is 4.99 Å². The molecule has 0 radical (unpaired) electrons. The molecule has 0 aliphatic carbocycles. The Morgan fingerprint density at radius 2 is 2.23 bits per heavy atom. The summed E-state index contributed by atoms with van der Waals surface area (Å²) in [6, 6.07) is 0.410. The average Bonchev–Trinajstić information content (AvgIpc) is 3.20. The summed E-state index contributed by atoms with van der Waals surface area (Å²) in [5.41, 5.74) is 2.23. The van der Waals surface area contributed by atoms with Crippen LogP contribution in [0.4, 0.5) is 0 Å². The molecule has 1 aromatic rings. The zero-order valence-electron chi connectivity index (χ0n) is 13.7. The minimum absolute atomic E-state index is 0.367. The third-order valence-electron chi connectivity index (χ3n) is 4.73. The fourth-order valence-electron chi connectivity index (χ4n) is 3.49. The van der Waals surface area contributed by atoms with Gasteiger partial charge in [-0.15, -0.1) is 0 Å². The fraction of sp³-hybridized carbons (Fsp3) is 0.750. The van der Waals surface area contributed by atoms with E-state index in [1.165, 1.54) is 18.4 Å². The molecule has 0 aromatic carbocycles. The van der Waals surface area contributed by atoms with Crippen molar-refractivity contribution in [3.8, 4) is 0 Å². The molecule has 6 nitrogen and oxygen atoms in total. The van der Waals surface area contributed by atoms with Gasteiger partial charge in [0.15, 0.2) is 5.96 Å². The van der Waals surface area contributed by atoms with Crippen molar-refractivity contribution in [1.82, 2.24) is 15.8 Å². The molecule has 2 bridgehead atoms. The third kappa shape index (κ3) is 3.27. The molecule has 3 rings (SSSR count). The molecular formula is C16H26N4O2. The van der Waals surface area contributed by atoms with Gasteiger partial charge in [-0.05, 0) is 46.0 Å². The predicted octanol–water partition coefficient (Wildman–Crippen LogP) is 1.71. The Balaban J connectivity index is 1.40. The first-order valence-electron chi connectivity index (χ1n) is 8.21. The van der Waals surface area contributed by atoms with Gasteiger partial charge in [-0.3, -0.25) is 4.99 Å². The number of hydrogen-bond donors (Lipinski definition) is 2. The van der Waals surface area contributed by atoms with E-state index in [2.05, 4.69) is 20.8 Å². The Morgan fingerprint density at radius 1 is 1.36 bits per heavy atom. The molecule has 2 aliphatic rings. The van der Waals surface area contributed by atoms with E-state index in [-0.39, 0.29) is 0 Å². The molecule has 3 heterocycles. The van der Waals surface area contributed by atoms with E-state index < -0.39 is 0 Å². The van der Waals surface area contributed by atoms with E-state index in [9.17, 15) is 0 Å². The van der Waals surface area contributed by atoms with Crippen molar-refractivity contribution in [3.05, 3.63) is 17.0 Å². The number of guanidine groups is 1. The van der Waals surface area contributed by atoms with Gasteiger partial charge in [0, 0.05) is 19.2 Å². The molecule has 3 unspecified atom stereocenters. The second-order valence-electron chi connectivity index (χ2n) is 6.27. The normalized spacial score (nSPS) is 27.4. The average molecular weight is 306 g/mol. The van der Waals surface area contributed by atoms with Gasteiger partial charge in [0.05, 0.1) is 23.9 Å². The summed E-state index contributed by atoms with van der Waals surface area (Å²) in [6.07, 6.45) is 6.31. The number of aromatic nitrogens is 1. The smallest absolute Gasteiger partial charge is 0.191 e. The Labute approximate surface area is 131 Å². The molecule has 22 heavy (non-hydrogen) atoms. The van der Waals surface area contributed by atoms with E-state index in [1.807, 2.05) is 20.9 Å². The monoisotopic (exact) mass is 306 g/mol. The highest BCUT2D eigenvalue weighted by atomic mass is 16.5. The van der Waals surface area contributed by atoms with Crippen molar-refractivity contribution in [2.45, 2.75) is 64.2 Å². The molecule has 2 aliphatic heterocycles. The van der Waals surface area contributed by atoms with Crippen LogP contribution in [0.3, 0.4) is 0 Å². The highest BCUT2D eigenvalue weighted by Crippen LogP contribution is 2.34. The fourth-order valence-corrected chi connectivity index (χ4v) is 3.49. The molecule has 1 aromatic heterocycles. The van der Waals surface area contributed by atoms with Crippen LogP contribution in [-0.4, -0.2) is 43.0 Å². The molecule has 2 saturated heterocycles. The van der Waals surface area contributed by atoms with Crippen molar-refractivity contribution < 1.29 is 9.26 Å². The lowest BCUT2D eigenvalue weighted by molar-refractivity contribution is 0.0992. The van der Waals surface area contributed by atoms with Gasteiger partial charge >= 0.3 is 0 Å². The number of fused-ring (bicyclic) bond motifs is 2. The second kappa shape index (κ2) is 6.69. The zero-order chi connectivity index (χ0) is 15.5. The highest BCUT2D eigenvalue weighted by molar-refractivity contribution is 5.80. The maximum Gasteiger partial charge on any atom is 0.191 e. The largest absolute Gasteiger partial charge is 0.373 e. The maximum atomic E-state index is 5.87. The Bertz CT molecular complexity index is 521. The molecule has 0 amide bonds. The first-order valence-corrected chi connectivity index (χ1v) is 8.21. The van der Waals surface area contributed by atoms with E-state index in [0.29, 0.717) is 18.2 Å². The SMILES string of the molecule is CN=C(NCCCc1c(C)noc1C)NC1CC2CCC1O2. The van der Waals surface area contributed by atoms with Gasteiger partial charge in [-0.1, -0.05) is 5.16 Å². The van der Waals surface area contributed by atoms with E-state index >= 15 is 0 Å². The van der Waals surface area contributed by atoms with Crippen molar-refractivity contribution >= 4 is 5.96 Å². The number of ether oxygens (including phenoxy) is 1. The van der Waals surface area contributed by atoms with Gasteiger partial charge in [-0.2, -0.15) is 0 Å². The lowest BCUT2D eigenvalue weighted by atomic mass is 9.96. The summed E-state index contributed by atoms with van der Waals surface area (Å²) in [6.45, 7) is 4.85. The quantitative estimate of drug-likeness (QED) is 0.492. The van der Waals surface area contributed by atoms with Gasteiger partial charge in [0.1, 0.15) is 5.76 Å². The Morgan fingerprint density at radius 3 is 2.82 bits per heavy atom. The standard InChI is InChI=1S/C16H26N4O2/c1-10-13(11(2)22-20-10)5-4-8-18-16(17-3)19-14-9-12-6-7-15(14)21-12/h12,14-15H,4-9H2,1-3H3,(H2,17,18,19). The molecule has 6 heteroatoms. The summed E-state index contributed by atoms with van der Waals surface area (Å²) >= 11 is 0. The van der Waals surface area contributed by atoms with Crippen molar-refractivity contribution in [3.63, 3.8) is 0 Å². The summed E-state index contributed by atoms with van der Waals surface area (Å²) in [7, 11) is 1.82. The summed E-state index contributed by atoms with van der Waals surface area (Å²) in [5, 5.41) is 10.9. The third-order valence-corrected chi connectivity index (χ3v) is 4.73. The summed E-state index contributed by atoms with van der Waals surface area (Å²) < 4.78 is 11.1. The lowest BCUT2D eigenvalue weighted by Crippen LogP contribution is -2.47. The van der Waals surface area contributed by atoms with E-state index in [0.717, 1.165) is 43.2 Å². The molecule has 0 spiro atoms. The second-order valence-corrected chi connectivity index (χ2v) is 6.27. The molecule has 0 saturated carbocycles. The Kier molecular flexibility index (Phi) is 4.66. The van der Waals surface area contributed by atoms with Crippen LogP contribution in [0, 0.1) is 13.8 Å². The van der Waals surface area contributed by atoms with Crippen LogP contribution in [0.25, 0.3) is 0 Å². The first-order chi connectivity index (χ1) is 10.7. The number of nitrogens with zero attached hydrogens (tertiary/aromatic N) is 2. The predicted molar refractivity (Wildman–Crippen MR) is 85.1 cm³/mol. The molecule has 3 atom stereocenters. The van der Waals surface area contributed by atoms with Gasteiger partial charge < -0.3 is 19.9 Å². The van der Waals surface area contributed by atoms with Crippen LogP contribution in [-0.2, 0) is 11.2 Å². The van der Waals surface area contributed by atoms with Crippen LogP contribution in [0.15, 0.2) is 9.52 Å². The Hall–Kier alpha value is -1.56. The number of aryl methyl sites for hydroxylation is 2. The van der Waals surface area contributed by atoms with Crippen LogP contribution in [0.2, 0.25) is 0 Å². The zero-order valence-corrected chi connectivity index (χ0v) is 13.7. The molecule has 122 valence electrons. The van der Waals surface area contributed by atoms with E-state index in [4.69, 9.17) is 9.26 Å². The van der Waals surface area contributed by atoms with E-state index in [1.54, 1.807) is 0 Å². The molecule has 2 N–H and O–H groups in total. The van der Waals surface area contributed by atoms with Crippen molar-refractivity contribution in [1.29, 1.82) is 0 Å². The topological polar surface area (TPSA) is 71.7 Å². The number of hydrogen-bond acceptors (Lipinski definition) is 4. The van der Waals surface area contributed by atoms with Crippen LogP contribution >= 0.6 is 0 Å². The lowest BCUT2D eigenvalue weighted by Gasteiger charge is -2.22. The number of aliphatic imine (C=N–C) groups is 1. The maximum absolute atomic E-state index is 5.87. The van der Waals surface area contributed by atoms with Crippen molar-refractivity contribution in [2.75, 3.05) is 13.6 Å². The van der Waals surface area contributed by atoms with Crippen LogP contribution in [0.1, 0.15) is 42.7 Å². The van der Waals surface area contributed by atoms with Gasteiger partial charge in [0.25, 0.3) is 0 Å². The summed E-state index contributed by atoms with van der Waals surface area (Å²) in [4.78, 5) is 4.31. The highest BCUT2D eigenvalue weighted by Gasteiger charge is 2.41. The number of nitrogens with one attached hydrogen (secondary N) is 2. The molecular weight excluding hydrogens is 280 g/mol. The minimum Gasteiger partial charge on any atom is -0.373 e. The minimum atomic E-state index is 0.367. The first kappa shape index (κ1) is 15.3. The van der Waals surface area contributed by atoms with Gasteiger partial charge in [-0.25, -0.2) is 0 Å². The van der Waals surface area contributed by atoms with Crippen LogP contribution in [0.5, 0.6) is 0 Å². The van der Waals surface area contributed by atoms with Gasteiger partial charge in [0.2, 0.25) is 0 Å². The van der Waals surface area contributed by atoms with Crippen LogP contribution < -0.4 is 10.6 Å². The number of rotatable bonds is 5.